The van der Waals surface area contributed by atoms with Crippen LogP contribution in [0.15, 0.2) is 0 Å². The Morgan fingerprint density at radius 1 is 0.750 bits per heavy atom. The summed E-state index contributed by atoms with van der Waals surface area (Å²) in [5.74, 6) is 1.44. The molecule has 0 spiro atoms. The zero-order chi connectivity index (χ0) is 17.5. The molecule has 0 aromatic rings. The molecule has 2 unspecified atom stereocenters. The molecule has 2 heteroatoms. The molecular weight excluding hydrogens is 296 g/mol. The molecule has 0 saturated heterocycles. The first-order valence-corrected chi connectivity index (χ1v) is 11.0. The van der Waals surface area contributed by atoms with Gasteiger partial charge in [-0.3, -0.25) is 4.79 Å². The number of rotatable bonds is 15. The highest BCUT2D eigenvalue weighted by molar-refractivity contribution is 5.66. The molecule has 2 atom stereocenters. The second-order valence-corrected chi connectivity index (χ2v) is 8.06. The minimum absolute atomic E-state index is 0.347. The van der Waals surface area contributed by atoms with E-state index in [9.17, 15) is 4.79 Å². The summed E-state index contributed by atoms with van der Waals surface area (Å²) in [7, 11) is 0. The number of carboxylic acids is 1. The third-order valence-corrected chi connectivity index (χ3v) is 5.94. The van der Waals surface area contributed by atoms with E-state index in [2.05, 4.69) is 6.92 Å². The van der Waals surface area contributed by atoms with Crippen molar-refractivity contribution in [3.8, 4) is 0 Å². The van der Waals surface area contributed by atoms with E-state index in [0.29, 0.717) is 6.42 Å². The third kappa shape index (κ3) is 11.1. The maximum absolute atomic E-state index is 10.4. The van der Waals surface area contributed by atoms with E-state index < -0.39 is 5.97 Å². The van der Waals surface area contributed by atoms with E-state index in [1.165, 1.54) is 96.3 Å². The number of carbonyl (C=O) groups is 1. The predicted octanol–water partition coefficient (Wildman–Crippen LogP) is 7.36. The number of hydrogen-bond acceptors (Lipinski definition) is 1. The molecule has 0 aromatic carbocycles. The first-order valence-electron chi connectivity index (χ1n) is 11.0. The van der Waals surface area contributed by atoms with E-state index in [0.717, 1.165) is 24.7 Å². The van der Waals surface area contributed by atoms with Gasteiger partial charge in [0.1, 0.15) is 0 Å². The Balaban J connectivity index is 1.85. The first-order chi connectivity index (χ1) is 11.7. The van der Waals surface area contributed by atoms with E-state index in [1.807, 2.05) is 0 Å². The molecule has 1 fully saturated rings. The van der Waals surface area contributed by atoms with Crippen LogP contribution in [0.4, 0.5) is 0 Å². The summed E-state index contributed by atoms with van der Waals surface area (Å²) in [6, 6.07) is 0. The SMILES string of the molecule is CCCC1CCCCC1CCCCCCCCCCCCC(=O)O. The number of aliphatic carboxylic acids is 1. The molecule has 1 saturated carbocycles. The van der Waals surface area contributed by atoms with Crippen molar-refractivity contribution in [3.05, 3.63) is 0 Å². The van der Waals surface area contributed by atoms with Gasteiger partial charge < -0.3 is 5.11 Å². The molecule has 1 N–H and O–H groups in total. The van der Waals surface area contributed by atoms with Gasteiger partial charge in [-0.1, -0.05) is 110 Å². The fraction of sp³-hybridized carbons (Fsp3) is 0.955. The molecule has 0 heterocycles. The molecule has 1 rings (SSSR count). The van der Waals surface area contributed by atoms with Gasteiger partial charge in [-0.15, -0.1) is 0 Å². The van der Waals surface area contributed by atoms with Gasteiger partial charge in [0, 0.05) is 6.42 Å². The van der Waals surface area contributed by atoms with E-state index in [4.69, 9.17) is 5.11 Å². The summed E-state index contributed by atoms with van der Waals surface area (Å²) in [6.07, 6.45) is 23.6. The van der Waals surface area contributed by atoms with E-state index in [1.54, 1.807) is 0 Å². The average Bonchev–Trinajstić information content (AvgIpc) is 2.57. The highest BCUT2D eigenvalue weighted by Gasteiger charge is 2.23. The summed E-state index contributed by atoms with van der Waals surface area (Å²) in [4.78, 5) is 10.4. The molecule has 1 aliphatic rings. The Morgan fingerprint density at radius 3 is 1.71 bits per heavy atom. The van der Waals surface area contributed by atoms with Crippen molar-refractivity contribution < 1.29 is 9.90 Å². The van der Waals surface area contributed by atoms with Gasteiger partial charge in [0.15, 0.2) is 0 Å². The monoisotopic (exact) mass is 338 g/mol. The third-order valence-electron chi connectivity index (χ3n) is 5.94. The standard InChI is InChI=1S/C22H42O2/c1-2-15-20-17-13-14-18-21(20)16-11-9-7-5-3-4-6-8-10-12-19-22(23)24/h20-21H,2-19H2,1H3,(H,23,24). The molecular formula is C22H42O2. The molecule has 0 radical (unpaired) electrons. The predicted molar refractivity (Wildman–Crippen MR) is 103 cm³/mol. The summed E-state index contributed by atoms with van der Waals surface area (Å²) in [6.45, 7) is 2.35. The van der Waals surface area contributed by atoms with Crippen molar-refractivity contribution in [1.82, 2.24) is 0 Å². The average molecular weight is 339 g/mol. The maximum Gasteiger partial charge on any atom is 0.303 e. The van der Waals surface area contributed by atoms with Crippen LogP contribution in [-0.2, 0) is 4.79 Å². The van der Waals surface area contributed by atoms with Crippen molar-refractivity contribution in [2.75, 3.05) is 0 Å². The minimum atomic E-state index is -0.649. The van der Waals surface area contributed by atoms with Crippen molar-refractivity contribution >= 4 is 5.97 Å². The normalized spacial score (nSPS) is 21.0. The van der Waals surface area contributed by atoms with Crippen LogP contribution in [0.25, 0.3) is 0 Å². The second-order valence-electron chi connectivity index (χ2n) is 8.06. The van der Waals surface area contributed by atoms with Gasteiger partial charge in [0.25, 0.3) is 0 Å². The lowest BCUT2D eigenvalue weighted by Crippen LogP contribution is -2.19. The van der Waals surface area contributed by atoms with Crippen LogP contribution < -0.4 is 0 Å². The highest BCUT2D eigenvalue weighted by atomic mass is 16.4. The van der Waals surface area contributed by atoms with Gasteiger partial charge in [-0.2, -0.15) is 0 Å². The van der Waals surface area contributed by atoms with Gasteiger partial charge in [0.2, 0.25) is 0 Å². The largest absolute Gasteiger partial charge is 0.481 e. The highest BCUT2D eigenvalue weighted by Crippen LogP contribution is 2.36. The lowest BCUT2D eigenvalue weighted by Gasteiger charge is -2.31. The lowest BCUT2D eigenvalue weighted by atomic mass is 9.75. The molecule has 2 nitrogen and oxygen atoms in total. The second kappa shape index (κ2) is 14.8. The van der Waals surface area contributed by atoms with E-state index >= 15 is 0 Å². The van der Waals surface area contributed by atoms with Crippen molar-refractivity contribution in [2.24, 2.45) is 11.8 Å². The molecule has 0 bridgehead atoms. The number of hydrogen-bond donors (Lipinski definition) is 1. The molecule has 0 amide bonds. The molecule has 0 aromatic heterocycles. The Kier molecular flexibility index (Phi) is 13.3. The Labute approximate surface area is 150 Å². The number of carboxylic acid groups (broad SMARTS) is 1. The van der Waals surface area contributed by atoms with Crippen LogP contribution in [-0.4, -0.2) is 11.1 Å². The molecule has 24 heavy (non-hydrogen) atoms. The maximum atomic E-state index is 10.4. The van der Waals surface area contributed by atoms with Crippen LogP contribution in [0.5, 0.6) is 0 Å². The molecule has 142 valence electrons. The van der Waals surface area contributed by atoms with Gasteiger partial charge in [0.05, 0.1) is 0 Å². The van der Waals surface area contributed by atoms with Crippen LogP contribution in [0, 0.1) is 11.8 Å². The van der Waals surface area contributed by atoms with Crippen molar-refractivity contribution in [2.45, 2.75) is 122 Å². The van der Waals surface area contributed by atoms with Crippen LogP contribution in [0.2, 0.25) is 0 Å². The summed E-state index contributed by atoms with van der Waals surface area (Å²) >= 11 is 0. The quantitative estimate of drug-likeness (QED) is 0.317. The zero-order valence-corrected chi connectivity index (χ0v) is 16.2. The topological polar surface area (TPSA) is 37.3 Å². The number of unbranched alkanes of at least 4 members (excludes halogenated alkanes) is 9. The summed E-state index contributed by atoms with van der Waals surface area (Å²) in [5, 5.41) is 8.58. The fourth-order valence-electron chi connectivity index (χ4n) is 4.51. The Bertz CT molecular complexity index is 298. The zero-order valence-electron chi connectivity index (χ0n) is 16.2. The van der Waals surface area contributed by atoms with Crippen molar-refractivity contribution in [3.63, 3.8) is 0 Å². The smallest absolute Gasteiger partial charge is 0.303 e. The minimum Gasteiger partial charge on any atom is -0.481 e. The van der Waals surface area contributed by atoms with Gasteiger partial charge in [-0.25, -0.2) is 0 Å². The summed E-state index contributed by atoms with van der Waals surface area (Å²) < 4.78 is 0. The molecule has 1 aliphatic carbocycles. The first kappa shape index (κ1) is 21.5. The van der Waals surface area contributed by atoms with Gasteiger partial charge >= 0.3 is 5.97 Å². The Hall–Kier alpha value is -0.530. The molecule has 0 aliphatic heterocycles. The van der Waals surface area contributed by atoms with Crippen LogP contribution >= 0.6 is 0 Å². The van der Waals surface area contributed by atoms with Crippen molar-refractivity contribution in [1.29, 1.82) is 0 Å². The van der Waals surface area contributed by atoms with Crippen LogP contribution in [0.3, 0.4) is 0 Å². The summed E-state index contributed by atoms with van der Waals surface area (Å²) in [5.41, 5.74) is 0. The lowest BCUT2D eigenvalue weighted by molar-refractivity contribution is -0.137. The Morgan fingerprint density at radius 2 is 1.21 bits per heavy atom. The van der Waals surface area contributed by atoms with Crippen LogP contribution in [0.1, 0.15) is 122 Å². The fourth-order valence-corrected chi connectivity index (χ4v) is 4.51. The van der Waals surface area contributed by atoms with E-state index in [-0.39, 0.29) is 0 Å². The van der Waals surface area contributed by atoms with Gasteiger partial charge in [-0.05, 0) is 18.3 Å².